The fourth-order valence-electron chi connectivity index (χ4n) is 2.47. The van der Waals surface area contributed by atoms with Crippen molar-refractivity contribution in [1.82, 2.24) is 5.32 Å². The van der Waals surface area contributed by atoms with Crippen LogP contribution in [0.15, 0.2) is 48.5 Å². The van der Waals surface area contributed by atoms with Crippen molar-refractivity contribution in [1.29, 1.82) is 0 Å². The van der Waals surface area contributed by atoms with E-state index >= 15 is 0 Å². The first-order chi connectivity index (χ1) is 10.0. The molecule has 0 aliphatic rings. The van der Waals surface area contributed by atoms with Gasteiger partial charge in [-0.1, -0.05) is 44.2 Å². The Hall–Kier alpha value is -1.87. The normalized spacial score (nSPS) is 12.6. The van der Waals surface area contributed by atoms with Crippen LogP contribution in [0.5, 0.6) is 5.75 Å². The van der Waals surface area contributed by atoms with E-state index in [1.54, 1.807) is 6.07 Å². The van der Waals surface area contributed by atoms with Crippen molar-refractivity contribution in [3.05, 3.63) is 65.5 Å². The van der Waals surface area contributed by atoms with Crippen molar-refractivity contribution in [3.8, 4) is 5.75 Å². The highest BCUT2D eigenvalue weighted by Gasteiger charge is 2.13. The molecule has 0 fully saturated rings. The van der Waals surface area contributed by atoms with Gasteiger partial charge in [0.2, 0.25) is 0 Å². The fourth-order valence-corrected chi connectivity index (χ4v) is 2.47. The maximum atomic E-state index is 13.3. The Morgan fingerprint density at radius 3 is 2.43 bits per heavy atom. The second-order valence-corrected chi connectivity index (χ2v) is 5.79. The number of benzene rings is 2. The Morgan fingerprint density at radius 2 is 1.81 bits per heavy atom. The molecule has 0 radical (unpaired) electrons. The third-order valence-corrected chi connectivity index (χ3v) is 3.40. The lowest BCUT2D eigenvalue weighted by Crippen LogP contribution is -2.22. The number of hydrogen-bond donors (Lipinski definition) is 2. The smallest absolute Gasteiger partial charge is 0.127 e. The average molecular weight is 287 g/mol. The van der Waals surface area contributed by atoms with Crippen LogP contribution in [0.3, 0.4) is 0 Å². The standard InChI is InChI=1S/C18H22FNO/c1-13(2)8-18(15-6-4-3-5-7-15)20-12-14-9-16(19)11-17(21)10-14/h3-7,9-11,13,18,20-21H,8,12H2,1-2H3. The average Bonchev–Trinajstić information content (AvgIpc) is 2.43. The quantitative estimate of drug-likeness (QED) is 0.825. The van der Waals surface area contributed by atoms with Crippen molar-refractivity contribution in [3.63, 3.8) is 0 Å². The highest BCUT2D eigenvalue weighted by Crippen LogP contribution is 2.22. The molecule has 0 amide bonds. The topological polar surface area (TPSA) is 32.3 Å². The van der Waals surface area contributed by atoms with Crippen LogP contribution in [-0.4, -0.2) is 5.11 Å². The number of hydrogen-bond acceptors (Lipinski definition) is 2. The molecular formula is C18H22FNO. The maximum Gasteiger partial charge on any atom is 0.127 e. The van der Waals surface area contributed by atoms with Gasteiger partial charge in [0.25, 0.3) is 0 Å². The second-order valence-electron chi connectivity index (χ2n) is 5.79. The highest BCUT2D eigenvalue weighted by molar-refractivity contribution is 5.28. The molecule has 0 aliphatic heterocycles. The van der Waals surface area contributed by atoms with E-state index in [9.17, 15) is 9.50 Å². The van der Waals surface area contributed by atoms with Crippen LogP contribution < -0.4 is 5.32 Å². The van der Waals surface area contributed by atoms with Gasteiger partial charge in [0.05, 0.1) is 0 Å². The molecule has 21 heavy (non-hydrogen) atoms. The van der Waals surface area contributed by atoms with E-state index in [2.05, 4.69) is 31.3 Å². The molecule has 2 nitrogen and oxygen atoms in total. The Kier molecular flexibility index (Phi) is 5.34. The lowest BCUT2D eigenvalue weighted by atomic mass is 9.97. The zero-order chi connectivity index (χ0) is 15.2. The van der Waals surface area contributed by atoms with E-state index in [1.165, 1.54) is 11.6 Å². The van der Waals surface area contributed by atoms with Gasteiger partial charge in [-0.25, -0.2) is 4.39 Å². The van der Waals surface area contributed by atoms with Gasteiger partial charge in [-0.3, -0.25) is 0 Å². The van der Waals surface area contributed by atoms with Crippen LogP contribution in [0.1, 0.15) is 37.4 Å². The van der Waals surface area contributed by atoms with Crippen molar-refractivity contribution in [2.45, 2.75) is 32.9 Å². The van der Waals surface area contributed by atoms with E-state index < -0.39 is 5.82 Å². The SMILES string of the molecule is CC(C)CC(NCc1cc(O)cc(F)c1)c1ccccc1. The summed E-state index contributed by atoms with van der Waals surface area (Å²) in [7, 11) is 0. The molecule has 0 spiro atoms. The monoisotopic (exact) mass is 287 g/mol. The Bertz CT molecular complexity index is 548. The third kappa shape index (κ3) is 4.87. The van der Waals surface area contributed by atoms with Crippen molar-refractivity contribution in [2.24, 2.45) is 5.92 Å². The Labute approximate surface area is 125 Å². The first-order valence-electron chi connectivity index (χ1n) is 7.31. The minimum atomic E-state index is -0.410. The summed E-state index contributed by atoms with van der Waals surface area (Å²) in [6.45, 7) is 4.90. The summed E-state index contributed by atoms with van der Waals surface area (Å²) in [5.41, 5.74) is 1.98. The Morgan fingerprint density at radius 1 is 1.10 bits per heavy atom. The summed E-state index contributed by atoms with van der Waals surface area (Å²) < 4.78 is 13.3. The van der Waals surface area contributed by atoms with Crippen LogP contribution in [0, 0.1) is 11.7 Å². The van der Waals surface area contributed by atoms with Gasteiger partial charge in [0.15, 0.2) is 0 Å². The van der Waals surface area contributed by atoms with E-state index in [1.807, 2.05) is 18.2 Å². The first kappa shape index (κ1) is 15.5. The minimum Gasteiger partial charge on any atom is -0.508 e. The van der Waals surface area contributed by atoms with Crippen molar-refractivity contribution in [2.75, 3.05) is 0 Å². The number of nitrogens with one attached hydrogen (secondary N) is 1. The summed E-state index contributed by atoms with van der Waals surface area (Å²) >= 11 is 0. The molecule has 1 atom stereocenters. The number of rotatable bonds is 6. The van der Waals surface area contributed by atoms with E-state index in [-0.39, 0.29) is 11.8 Å². The summed E-state index contributed by atoms with van der Waals surface area (Å²) in [4.78, 5) is 0. The van der Waals surface area contributed by atoms with E-state index in [0.717, 1.165) is 18.1 Å². The van der Waals surface area contributed by atoms with Crippen LogP contribution in [0.25, 0.3) is 0 Å². The Balaban J connectivity index is 2.08. The van der Waals surface area contributed by atoms with Crippen molar-refractivity contribution >= 4 is 0 Å². The predicted molar refractivity (Wildman–Crippen MR) is 83.5 cm³/mol. The number of halogens is 1. The second kappa shape index (κ2) is 7.23. The molecule has 0 saturated carbocycles. The molecule has 2 aromatic carbocycles. The summed E-state index contributed by atoms with van der Waals surface area (Å²) in [6, 6.07) is 14.6. The number of aromatic hydroxyl groups is 1. The molecule has 112 valence electrons. The minimum absolute atomic E-state index is 0.0353. The number of phenols is 1. The lowest BCUT2D eigenvalue weighted by molar-refractivity contribution is 0.426. The molecule has 0 aliphatic carbocycles. The number of phenolic OH excluding ortho intramolecular Hbond substituents is 1. The van der Waals surface area contributed by atoms with Crippen LogP contribution >= 0.6 is 0 Å². The van der Waals surface area contributed by atoms with E-state index in [0.29, 0.717) is 12.5 Å². The highest BCUT2D eigenvalue weighted by atomic mass is 19.1. The van der Waals surface area contributed by atoms with Gasteiger partial charge >= 0.3 is 0 Å². The maximum absolute atomic E-state index is 13.3. The van der Waals surface area contributed by atoms with Gasteiger partial charge in [-0.2, -0.15) is 0 Å². The first-order valence-corrected chi connectivity index (χ1v) is 7.31. The van der Waals surface area contributed by atoms with Gasteiger partial charge in [-0.05, 0) is 35.6 Å². The lowest BCUT2D eigenvalue weighted by Gasteiger charge is -2.21. The fraction of sp³-hybridized carbons (Fsp3) is 0.333. The molecule has 2 N–H and O–H groups in total. The van der Waals surface area contributed by atoms with Gasteiger partial charge in [-0.15, -0.1) is 0 Å². The zero-order valence-corrected chi connectivity index (χ0v) is 12.5. The zero-order valence-electron chi connectivity index (χ0n) is 12.5. The van der Waals surface area contributed by atoms with Crippen LogP contribution in [0.4, 0.5) is 4.39 Å². The van der Waals surface area contributed by atoms with Gasteiger partial charge < -0.3 is 10.4 Å². The molecule has 1 unspecified atom stereocenters. The largest absolute Gasteiger partial charge is 0.508 e. The van der Waals surface area contributed by atoms with Gasteiger partial charge in [0.1, 0.15) is 11.6 Å². The van der Waals surface area contributed by atoms with Crippen LogP contribution in [-0.2, 0) is 6.54 Å². The van der Waals surface area contributed by atoms with Gasteiger partial charge in [0, 0.05) is 18.7 Å². The molecule has 3 heteroatoms. The molecule has 0 aromatic heterocycles. The molecule has 0 saturated heterocycles. The molecular weight excluding hydrogens is 265 g/mol. The van der Waals surface area contributed by atoms with E-state index in [4.69, 9.17) is 0 Å². The molecule has 0 heterocycles. The summed E-state index contributed by atoms with van der Waals surface area (Å²) in [5.74, 6) is 0.113. The molecule has 2 aromatic rings. The molecule has 0 bridgehead atoms. The summed E-state index contributed by atoms with van der Waals surface area (Å²) in [6.07, 6.45) is 1.01. The summed E-state index contributed by atoms with van der Waals surface area (Å²) in [5, 5.41) is 12.9. The molecule has 2 rings (SSSR count). The third-order valence-electron chi connectivity index (χ3n) is 3.40. The predicted octanol–water partition coefficient (Wildman–Crippen LogP) is 4.41. The van der Waals surface area contributed by atoms with Crippen LogP contribution in [0.2, 0.25) is 0 Å². The van der Waals surface area contributed by atoms with Crippen molar-refractivity contribution < 1.29 is 9.50 Å².